The number of rotatable bonds is 5. The van der Waals surface area contributed by atoms with Crippen LogP contribution in [0.5, 0.6) is 0 Å². The van der Waals surface area contributed by atoms with E-state index < -0.39 is 5.97 Å². The zero-order chi connectivity index (χ0) is 14.4. The molecule has 2 N–H and O–H groups in total. The Morgan fingerprint density at radius 1 is 1.30 bits per heavy atom. The van der Waals surface area contributed by atoms with Crippen molar-refractivity contribution in [1.29, 1.82) is 0 Å². The van der Waals surface area contributed by atoms with E-state index in [0.29, 0.717) is 11.4 Å². The number of pyridine rings is 1. The van der Waals surface area contributed by atoms with E-state index in [9.17, 15) is 9.59 Å². The van der Waals surface area contributed by atoms with Crippen molar-refractivity contribution in [2.75, 3.05) is 25.0 Å². The molecule has 1 aromatic heterocycles. The molecule has 6 nitrogen and oxygen atoms in total. The number of aliphatic carboxylic acids is 1. The summed E-state index contributed by atoms with van der Waals surface area (Å²) >= 11 is 0. The third-order valence-electron chi connectivity index (χ3n) is 3.31. The first kappa shape index (κ1) is 14.3. The molecule has 20 heavy (non-hydrogen) atoms. The molecular formula is C14H19N3O3. The normalized spacial score (nSPS) is 14.9. The molecule has 1 aromatic rings. The number of likely N-dealkylation sites (tertiary alicyclic amines) is 1. The third-order valence-corrected chi connectivity index (χ3v) is 3.31. The lowest BCUT2D eigenvalue weighted by Gasteiger charge is -2.27. The number of nitrogens with one attached hydrogen (secondary N) is 1. The number of carboxylic acid groups (broad SMARTS) is 1. The van der Waals surface area contributed by atoms with Crippen molar-refractivity contribution < 1.29 is 14.7 Å². The molecule has 0 atom stereocenters. The largest absolute Gasteiger partial charge is 0.481 e. The standard InChI is InChI=1S/C14H19N3O3/c18-12(19)6-8-16-13-11(5-4-7-15-13)14(20)17-9-2-1-3-10-17/h4-5,7H,1-3,6,8-10H2,(H,15,16)(H,18,19). The number of amides is 1. The Morgan fingerprint density at radius 2 is 2.05 bits per heavy atom. The molecule has 1 aliphatic heterocycles. The number of carboxylic acids is 1. The summed E-state index contributed by atoms with van der Waals surface area (Å²) < 4.78 is 0. The van der Waals surface area contributed by atoms with Crippen molar-refractivity contribution in [3.63, 3.8) is 0 Å². The first-order chi connectivity index (χ1) is 9.68. The molecule has 0 bridgehead atoms. The van der Waals surface area contributed by atoms with Gasteiger partial charge in [0.05, 0.1) is 12.0 Å². The number of carbonyl (C=O) groups is 2. The lowest BCUT2D eigenvalue weighted by atomic mass is 10.1. The predicted octanol–water partition coefficient (Wildman–Crippen LogP) is 1.59. The van der Waals surface area contributed by atoms with Gasteiger partial charge in [-0.2, -0.15) is 0 Å². The highest BCUT2D eigenvalue weighted by atomic mass is 16.4. The zero-order valence-electron chi connectivity index (χ0n) is 11.3. The summed E-state index contributed by atoms with van der Waals surface area (Å²) in [6, 6.07) is 3.45. The Balaban J connectivity index is 2.06. The second-order valence-electron chi connectivity index (χ2n) is 4.82. The van der Waals surface area contributed by atoms with Crippen LogP contribution in [0.3, 0.4) is 0 Å². The molecule has 0 spiro atoms. The molecule has 0 unspecified atom stereocenters. The van der Waals surface area contributed by atoms with E-state index in [0.717, 1.165) is 25.9 Å². The van der Waals surface area contributed by atoms with Gasteiger partial charge < -0.3 is 15.3 Å². The SMILES string of the molecule is O=C(O)CCNc1ncccc1C(=O)N1CCCCC1. The minimum atomic E-state index is -0.877. The van der Waals surface area contributed by atoms with Crippen molar-refractivity contribution in [3.8, 4) is 0 Å². The lowest BCUT2D eigenvalue weighted by molar-refractivity contribution is -0.136. The van der Waals surface area contributed by atoms with Crippen LogP contribution in [0.4, 0.5) is 5.82 Å². The molecule has 1 fully saturated rings. The van der Waals surface area contributed by atoms with Crippen LogP contribution in [-0.2, 0) is 4.79 Å². The van der Waals surface area contributed by atoms with Crippen molar-refractivity contribution >= 4 is 17.7 Å². The molecule has 1 amide bonds. The van der Waals surface area contributed by atoms with E-state index in [1.807, 2.05) is 4.90 Å². The van der Waals surface area contributed by atoms with Gasteiger partial charge in [-0.25, -0.2) is 4.98 Å². The highest BCUT2D eigenvalue weighted by molar-refractivity contribution is 5.98. The van der Waals surface area contributed by atoms with Crippen LogP contribution in [0.25, 0.3) is 0 Å². The first-order valence-corrected chi connectivity index (χ1v) is 6.88. The van der Waals surface area contributed by atoms with Crippen LogP contribution in [0.15, 0.2) is 18.3 Å². The van der Waals surface area contributed by atoms with Crippen LogP contribution in [-0.4, -0.2) is 46.5 Å². The maximum atomic E-state index is 12.4. The van der Waals surface area contributed by atoms with Gasteiger partial charge in [-0.1, -0.05) is 0 Å². The number of anilines is 1. The Hall–Kier alpha value is -2.11. The van der Waals surface area contributed by atoms with Crippen LogP contribution >= 0.6 is 0 Å². The number of aromatic nitrogens is 1. The summed E-state index contributed by atoms with van der Waals surface area (Å²) in [6.07, 6.45) is 4.83. The highest BCUT2D eigenvalue weighted by Gasteiger charge is 2.21. The van der Waals surface area contributed by atoms with Crippen molar-refractivity contribution in [2.24, 2.45) is 0 Å². The minimum absolute atomic E-state index is 0.00603. The second kappa shape index (κ2) is 6.88. The molecule has 0 aromatic carbocycles. The minimum Gasteiger partial charge on any atom is -0.481 e. The maximum absolute atomic E-state index is 12.4. The zero-order valence-corrected chi connectivity index (χ0v) is 11.3. The summed E-state index contributed by atoms with van der Waals surface area (Å²) in [4.78, 5) is 28.9. The fourth-order valence-electron chi connectivity index (χ4n) is 2.27. The molecular weight excluding hydrogens is 258 g/mol. The van der Waals surface area contributed by atoms with Crippen LogP contribution in [0.2, 0.25) is 0 Å². The lowest BCUT2D eigenvalue weighted by Crippen LogP contribution is -2.36. The summed E-state index contributed by atoms with van der Waals surface area (Å²) in [5.74, 6) is -0.447. The van der Waals surface area contributed by atoms with Gasteiger partial charge in [0, 0.05) is 25.8 Å². The van der Waals surface area contributed by atoms with Gasteiger partial charge in [0.2, 0.25) is 0 Å². The highest BCUT2D eigenvalue weighted by Crippen LogP contribution is 2.17. The Morgan fingerprint density at radius 3 is 2.75 bits per heavy atom. The molecule has 0 aliphatic carbocycles. The van der Waals surface area contributed by atoms with Crippen molar-refractivity contribution in [2.45, 2.75) is 25.7 Å². The summed E-state index contributed by atoms with van der Waals surface area (Å²) in [5, 5.41) is 11.6. The van der Waals surface area contributed by atoms with Crippen molar-refractivity contribution in [3.05, 3.63) is 23.9 Å². The molecule has 0 radical (unpaired) electrons. The van der Waals surface area contributed by atoms with Crippen LogP contribution in [0, 0.1) is 0 Å². The van der Waals surface area contributed by atoms with Gasteiger partial charge in [-0.3, -0.25) is 9.59 Å². The quantitative estimate of drug-likeness (QED) is 0.854. The van der Waals surface area contributed by atoms with Gasteiger partial charge in [0.1, 0.15) is 5.82 Å². The topological polar surface area (TPSA) is 82.5 Å². The molecule has 108 valence electrons. The Labute approximate surface area is 117 Å². The van der Waals surface area contributed by atoms with Gasteiger partial charge >= 0.3 is 5.97 Å². The van der Waals surface area contributed by atoms with E-state index in [1.54, 1.807) is 18.3 Å². The molecule has 6 heteroatoms. The summed E-state index contributed by atoms with van der Waals surface area (Å²) in [6.45, 7) is 1.82. The third kappa shape index (κ3) is 3.69. The van der Waals surface area contributed by atoms with E-state index >= 15 is 0 Å². The van der Waals surface area contributed by atoms with Gasteiger partial charge in [-0.05, 0) is 31.4 Å². The van der Waals surface area contributed by atoms with E-state index in [2.05, 4.69) is 10.3 Å². The Kier molecular flexibility index (Phi) is 4.92. The first-order valence-electron chi connectivity index (χ1n) is 6.88. The van der Waals surface area contributed by atoms with E-state index in [1.165, 1.54) is 6.42 Å². The molecule has 2 rings (SSSR count). The number of carbonyl (C=O) groups excluding carboxylic acids is 1. The monoisotopic (exact) mass is 277 g/mol. The van der Waals surface area contributed by atoms with E-state index in [-0.39, 0.29) is 18.9 Å². The average molecular weight is 277 g/mol. The number of hydrogen-bond acceptors (Lipinski definition) is 4. The fourth-order valence-corrected chi connectivity index (χ4v) is 2.27. The van der Waals surface area contributed by atoms with Crippen LogP contribution < -0.4 is 5.32 Å². The summed E-state index contributed by atoms with van der Waals surface area (Å²) in [7, 11) is 0. The molecule has 1 aliphatic rings. The second-order valence-corrected chi connectivity index (χ2v) is 4.82. The number of hydrogen-bond donors (Lipinski definition) is 2. The number of nitrogens with zero attached hydrogens (tertiary/aromatic N) is 2. The van der Waals surface area contributed by atoms with Gasteiger partial charge in [0.25, 0.3) is 5.91 Å². The van der Waals surface area contributed by atoms with E-state index in [4.69, 9.17) is 5.11 Å². The predicted molar refractivity (Wildman–Crippen MR) is 74.7 cm³/mol. The maximum Gasteiger partial charge on any atom is 0.305 e. The van der Waals surface area contributed by atoms with Gasteiger partial charge in [-0.15, -0.1) is 0 Å². The van der Waals surface area contributed by atoms with Crippen molar-refractivity contribution in [1.82, 2.24) is 9.88 Å². The fraction of sp³-hybridized carbons (Fsp3) is 0.500. The molecule has 0 saturated carbocycles. The summed E-state index contributed by atoms with van der Waals surface area (Å²) in [5.41, 5.74) is 0.514. The van der Waals surface area contributed by atoms with Gasteiger partial charge in [0.15, 0.2) is 0 Å². The van der Waals surface area contributed by atoms with Crippen LogP contribution in [0.1, 0.15) is 36.0 Å². The number of piperidine rings is 1. The smallest absolute Gasteiger partial charge is 0.305 e. The molecule has 1 saturated heterocycles. The Bertz CT molecular complexity index is 484. The average Bonchev–Trinajstić information content (AvgIpc) is 2.47. The molecule has 2 heterocycles.